The maximum atomic E-state index is 5.91. The third-order valence-corrected chi connectivity index (χ3v) is 3.47. The van der Waals surface area contributed by atoms with Crippen molar-refractivity contribution in [2.75, 3.05) is 0 Å². The maximum Gasteiger partial charge on any atom is 0.147 e. The minimum Gasteiger partial charge on any atom is -0.462 e. The summed E-state index contributed by atoms with van der Waals surface area (Å²) in [6, 6.07) is 2.80. The van der Waals surface area contributed by atoms with E-state index >= 15 is 0 Å². The maximum absolute atomic E-state index is 5.91. The van der Waals surface area contributed by atoms with Crippen LogP contribution in [-0.2, 0) is 13.1 Å². The number of hydrogen-bond acceptors (Lipinski definition) is 4. The topological polar surface area (TPSA) is 55.9 Å². The summed E-state index contributed by atoms with van der Waals surface area (Å²) < 4.78 is 7.79. The van der Waals surface area contributed by atoms with Gasteiger partial charge in [0.05, 0.1) is 6.54 Å². The molecule has 102 valence electrons. The van der Waals surface area contributed by atoms with Crippen LogP contribution in [0, 0.1) is 20.8 Å². The van der Waals surface area contributed by atoms with Crippen LogP contribution in [0.4, 0.5) is 0 Å². The van der Waals surface area contributed by atoms with E-state index in [4.69, 9.17) is 4.42 Å². The second kappa shape index (κ2) is 4.81. The van der Waals surface area contributed by atoms with Crippen molar-refractivity contribution < 1.29 is 4.42 Å². The number of aryl methyl sites for hydroxylation is 3. The summed E-state index contributed by atoms with van der Waals surface area (Å²) in [5.74, 6) is 3.70. The third kappa shape index (κ3) is 2.87. The zero-order chi connectivity index (χ0) is 13.4. The largest absolute Gasteiger partial charge is 0.462 e. The van der Waals surface area contributed by atoms with Crippen molar-refractivity contribution in [3.63, 3.8) is 0 Å². The van der Waals surface area contributed by atoms with E-state index in [0.717, 1.165) is 29.7 Å². The summed E-state index contributed by atoms with van der Waals surface area (Å²) in [5.41, 5.74) is 1.21. The van der Waals surface area contributed by atoms with Crippen LogP contribution in [0.2, 0.25) is 0 Å². The zero-order valence-electron chi connectivity index (χ0n) is 11.7. The first-order valence-electron chi connectivity index (χ1n) is 6.81. The summed E-state index contributed by atoms with van der Waals surface area (Å²) in [7, 11) is 0. The molecule has 19 heavy (non-hydrogen) atoms. The standard InChI is InChI=1S/C14H20N4O/c1-9-6-13(8-18-11(3)16-10(2)17-18)19-14(9)7-15-12-4-5-12/h6,12,15H,4-5,7-8H2,1-3H3. The van der Waals surface area contributed by atoms with Crippen molar-refractivity contribution >= 4 is 0 Å². The molecule has 5 nitrogen and oxygen atoms in total. The summed E-state index contributed by atoms with van der Waals surface area (Å²) in [5, 5.41) is 7.84. The van der Waals surface area contributed by atoms with Gasteiger partial charge >= 0.3 is 0 Å². The Morgan fingerprint density at radius 2 is 2.16 bits per heavy atom. The summed E-state index contributed by atoms with van der Waals surface area (Å²) in [6.45, 7) is 7.44. The summed E-state index contributed by atoms with van der Waals surface area (Å²) in [6.07, 6.45) is 2.59. The van der Waals surface area contributed by atoms with Gasteiger partial charge in [0.1, 0.15) is 29.7 Å². The SMILES string of the molecule is Cc1nc(C)n(Cc2cc(C)c(CNC3CC3)o2)n1. The van der Waals surface area contributed by atoms with Crippen molar-refractivity contribution in [3.05, 3.63) is 34.8 Å². The second-order valence-electron chi connectivity index (χ2n) is 5.34. The third-order valence-electron chi connectivity index (χ3n) is 3.47. The van der Waals surface area contributed by atoms with Gasteiger partial charge < -0.3 is 9.73 Å². The van der Waals surface area contributed by atoms with E-state index in [-0.39, 0.29) is 0 Å². The number of nitrogens with one attached hydrogen (secondary N) is 1. The van der Waals surface area contributed by atoms with Gasteiger partial charge in [0.2, 0.25) is 0 Å². The highest BCUT2D eigenvalue weighted by Gasteiger charge is 2.21. The average Bonchev–Trinajstić information content (AvgIpc) is 3.03. The smallest absolute Gasteiger partial charge is 0.147 e. The van der Waals surface area contributed by atoms with Crippen LogP contribution in [0.3, 0.4) is 0 Å². The fourth-order valence-electron chi connectivity index (χ4n) is 2.23. The van der Waals surface area contributed by atoms with Crippen LogP contribution in [0.25, 0.3) is 0 Å². The molecule has 0 amide bonds. The monoisotopic (exact) mass is 260 g/mol. The molecule has 0 radical (unpaired) electrons. The van der Waals surface area contributed by atoms with Crippen molar-refractivity contribution in [2.45, 2.75) is 52.7 Å². The normalized spacial score (nSPS) is 15.1. The molecule has 2 aromatic rings. The second-order valence-corrected chi connectivity index (χ2v) is 5.34. The average molecular weight is 260 g/mol. The van der Waals surface area contributed by atoms with Gasteiger partial charge in [0.25, 0.3) is 0 Å². The minimum atomic E-state index is 0.650. The number of rotatable bonds is 5. The highest BCUT2D eigenvalue weighted by Crippen LogP contribution is 2.21. The van der Waals surface area contributed by atoms with Gasteiger partial charge in [-0.05, 0) is 45.2 Å². The number of furan rings is 1. The molecule has 5 heteroatoms. The first-order chi connectivity index (χ1) is 9.11. The van der Waals surface area contributed by atoms with Crippen LogP contribution in [0.5, 0.6) is 0 Å². The van der Waals surface area contributed by atoms with Crippen LogP contribution < -0.4 is 5.32 Å². The predicted molar refractivity (Wildman–Crippen MR) is 71.9 cm³/mol. The highest BCUT2D eigenvalue weighted by molar-refractivity contribution is 5.20. The molecule has 0 unspecified atom stereocenters. The van der Waals surface area contributed by atoms with E-state index in [1.807, 2.05) is 18.5 Å². The molecule has 0 bridgehead atoms. The lowest BCUT2D eigenvalue weighted by molar-refractivity contribution is 0.425. The van der Waals surface area contributed by atoms with E-state index in [0.29, 0.717) is 12.6 Å². The van der Waals surface area contributed by atoms with E-state index in [1.54, 1.807) is 0 Å². The number of aromatic nitrogens is 3. The summed E-state index contributed by atoms with van der Waals surface area (Å²) >= 11 is 0. The molecule has 0 saturated heterocycles. The lowest BCUT2D eigenvalue weighted by atomic mass is 10.2. The van der Waals surface area contributed by atoms with E-state index in [9.17, 15) is 0 Å². The molecular formula is C14H20N4O. The van der Waals surface area contributed by atoms with Crippen LogP contribution in [-0.4, -0.2) is 20.8 Å². The molecule has 1 aliphatic carbocycles. The first-order valence-corrected chi connectivity index (χ1v) is 6.81. The molecule has 1 saturated carbocycles. The molecule has 2 aromatic heterocycles. The lowest BCUT2D eigenvalue weighted by Crippen LogP contribution is -2.15. The van der Waals surface area contributed by atoms with E-state index < -0.39 is 0 Å². The molecular weight excluding hydrogens is 240 g/mol. The molecule has 1 aliphatic rings. The first kappa shape index (κ1) is 12.4. The molecule has 0 spiro atoms. The molecule has 0 aromatic carbocycles. The quantitative estimate of drug-likeness (QED) is 0.894. The predicted octanol–water partition coefficient (Wildman–Crippen LogP) is 2.10. The van der Waals surface area contributed by atoms with Gasteiger partial charge in [0, 0.05) is 6.04 Å². The van der Waals surface area contributed by atoms with Gasteiger partial charge in [-0.1, -0.05) is 0 Å². The zero-order valence-corrected chi connectivity index (χ0v) is 11.7. The van der Waals surface area contributed by atoms with Crippen LogP contribution in [0.1, 0.15) is 41.6 Å². The van der Waals surface area contributed by atoms with Gasteiger partial charge in [-0.3, -0.25) is 0 Å². The number of hydrogen-bond donors (Lipinski definition) is 1. The van der Waals surface area contributed by atoms with E-state index in [1.165, 1.54) is 18.4 Å². The Morgan fingerprint density at radius 1 is 1.37 bits per heavy atom. The number of nitrogens with zero attached hydrogens (tertiary/aromatic N) is 3. The Bertz CT molecular complexity index is 580. The van der Waals surface area contributed by atoms with Crippen LogP contribution >= 0.6 is 0 Å². The molecule has 1 fully saturated rings. The van der Waals surface area contributed by atoms with Gasteiger partial charge in [-0.15, -0.1) is 0 Å². The molecule has 3 rings (SSSR count). The minimum absolute atomic E-state index is 0.650. The Hall–Kier alpha value is -1.62. The van der Waals surface area contributed by atoms with Crippen molar-refractivity contribution in [3.8, 4) is 0 Å². The van der Waals surface area contributed by atoms with Crippen LogP contribution in [0.15, 0.2) is 10.5 Å². The highest BCUT2D eigenvalue weighted by atomic mass is 16.3. The molecule has 0 aliphatic heterocycles. The Morgan fingerprint density at radius 3 is 2.79 bits per heavy atom. The van der Waals surface area contributed by atoms with Gasteiger partial charge in [-0.25, -0.2) is 9.67 Å². The van der Waals surface area contributed by atoms with Gasteiger partial charge in [-0.2, -0.15) is 5.10 Å². The Labute approximate surface area is 113 Å². The van der Waals surface area contributed by atoms with E-state index in [2.05, 4.69) is 28.4 Å². The Balaban J connectivity index is 1.70. The fraction of sp³-hybridized carbons (Fsp3) is 0.571. The summed E-state index contributed by atoms with van der Waals surface area (Å²) in [4.78, 5) is 4.30. The fourth-order valence-corrected chi connectivity index (χ4v) is 2.23. The van der Waals surface area contributed by atoms with Crippen molar-refractivity contribution in [1.29, 1.82) is 0 Å². The van der Waals surface area contributed by atoms with Crippen molar-refractivity contribution in [2.24, 2.45) is 0 Å². The molecule has 1 N–H and O–H groups in total. The van der Waals surface area contributed by atoms with Gasteiger partial charge in [0.15, 0.2) is 0 Å². The van der Waals surface area contributed by atoms with Crippen molar-refractivity contribution in [1.82, 2.24) is 20.1 Å². The Kier molecular flexibility index (Phi) is 3.14. The molecule has 2 heterocycles. The lowest BCUT2D eigenvalue weighted by Gasteiger charge is -2.01. The molecule has 0 atom stereocenters.